The zero-order chi connectivity index (χ0) is 13.4. The molecule has 3 rings (SSSR count). The van der Waals surface area contributed by atoms with Crippen molar-refractivity contribution in [3.63, 3.8) is 0 Å². The van der Waals surface area contributed by atoms with E-state index in [9.17, 15) is 0 Å². The molecule has 0 bridgehead atoms. The van der Waals surface area contributed by atoms with Gasteiger partial charge in [-0.05, 0) is 41.2 Å². The highest BCUT2D eigenvalue weighted by atomic mass is 79.9. The maximum atomic E-state index is 4.66. The summed E-state index contributed by atoms with van der Waals surface area (Å²) in [4.78, 5) is 9.04. The van der Waals surface area contributed by atoms with Crippen molar-refractivity contribution in [2.75, 3.05) is 7.05 Å². The number of hydrogen-bond donors (Lipinski definition) is 1. The molecule has 0 unspecified atom stereocenters. The van der Waals surface area contributed by atoms with Crippen molar-refractivity contribution in [1.29, 1.82) is 0 Å². The first kappa shape index (κ1) is 12.8. The van der Waals surface area contributed by atoms with Crippen LogP contribution < -0.4 is 5.32 Å². The molecule has 0 spiro atoms. The molecule has 1 N–H and O–H groups in total. The van der Waals surface area contributed by atoms with Gasteiger partial charge in [0.2, 0.25) is 0 Å². The standard InChI is InChI=1S/C13H13BrN4S/c1-15-6-10-12(14)19-13(17-10)8-3-4-11-9(5-8)16-7-18(11)2/h3-5,7,15H,6H2,1-2H3. The van der Waals surface area contributed by atoms with Crippen LogP contribution in [0.1, 0.15) is 5.69 Å². The molecule has 0 fully saturated rings. The molecular formula is C13H13BrN4S. The smallest absolute Gasteiger partial charge is 0.124 e. The van der Waals surface area contributed by atoms with Gasteiger partial charge in [0.25, 0.3) is 0 Å². The lowest BCUT2D eigenvalue weighted by Crippen LogP contribution is -2.05. The van der Waals surface area contributed by atoms with Crippen LogP contribution in [0.4, 0.5) is 0 Å². The zero-order valence-corrected chi connectivity index (χ0v) is 13.0. The van der Waals surface area contributed by atoms with Crippen LogP contribution in [0.5, 0.6) is 0 Å². The van der Waals surface area contributed by atoms with Gasteiger partial charge in [-0.1, -0.05) is 0 Å². The Bertz CT molecular complexity index is 731. The molecule has 0 saturated carbocycles. The SMILES string of the molecule is CNCc1nc(-c2ccc3c(c2)ncn3C)sc1Br. The van der Waals surface area contributed by atoms with Gasteiger partial charge < -0.3 is 9.88 Å². The summed E-state index contributed by atoms with van der Waals surface area (Å²) in [6.07, 6.45) is 1.83. The third-order valence-electron chi connectivity index (χ3n) is 2.97. The Labute approximate surface area is 123 Å². The third-order valence-corrected chi connectivity index (χ3v) is 4.84. The Balaban J connectivity index is 2.05. The molecule has 98 valence electrons. The van der Waals surface area contributed by atoms with Crippen LogP contribution in [0, 0.1) is 0 Å². The molecule has 0 atom stereocenters. The van der Waals surface area contributed by atoms with E-state index in [1.807, 2.05) is 25.0 Å². The van der Waals surface area contributed by atoms with Gasteiger partial charge in [-0.2, -0.15) is 0 Å². The topological polar surface area (TPSA) is 42.7 Å². The fraction of sp³-hybridized carbons (Fsp3) is 0.231. The van der Waals surface area contributed by atoms with Crippen molar-refractivity contribution < 1.29 is 0 Å². The second-order valence-corrected chi connectivity index (χ2v) is 6.65. The van der Waals surface area contributed by atoms with Crippen LogP contribution >= 0.6 is 27.3 Å². The number of nitrogens with zero attached hydrogens (tertiary/aromatic N) is 3. The van der Waals surface area contributed by atoms with Gasteiger partial charge in [0.1, 0.15) is 5.01 Å². The average molecular weight is 337 g/mol. The molecule has 0 saturated heterocycles. The largest absolute Gasteiger partial charge is 0.334 e. The van der Waals surface area contributed by atoms with E-state index < -0.39 is 0 Å². The number of fused-ring (bicyclic) bond motifs is 1. The minimum absolute atomic E-state index is 0.767. The number of aryl methyl sites for hydroxylation is 1. The van der Waals surface area contributed by atoms with E-state index in [1.165, 1.54) is 0 Å². The van der Waals surface area contributed by atoms with E-state index in [0.717, 1.165) is 37.6 Å². The van der Waals surface area contributed by atoms with Gasteiger partial charge in [0, 0.05) is 19.2 Å². The molecule has 0 radical (unpaired) electrons. The summed E-state index contributed by atoms with van der Waals surface area (Å²) >= 11 is 5.22. The summed E-state index contributed by atoms with van der Waals surface area (Å²) in [6.45, 7) is 0.767. The zero-order valence-electron chi connectivity index (χ0n) is 10.6. The second-order valence-electron chi connectivity index (χ2n) is 4.33. The minimum atomic E-state index is 0.767. The van der Waals surface area contributed by atoms with Crippen LogP contribution in [-0.2, 0) is 13.6 Å². The number of nitrogens with one attached hydrogen (secondary N) is 1. The predicted molar refractivity (Wildman–Crippen MR) is 82.3 cm³/mol. The van der Waals surface area contributed by atoms with Crippen LogP contribution in [0.25, 0.3) is 21.6 Å². The van der Waals surface area contributed by atoms with E-state index in [4.69, 9.17) is 0 Å². The van der Waals surface area contributed by atoms with Crippen molar-refractivity contribution in [1.82, 2.24) is 19.9 Å². The normalized spacial score (nSPS) is 11.3. The van der Waals surface area contributed by atoms with Crippen molar-refractivity contribution in [3.05, 3.63) is 34.0 Å². The van der Waals surface area contributed by atoms with Gasteiger partial charge in [-0.25, -0.2) is 9.97 Å². The van der Waals surface area contributed by atoms with Crippen LogP contribution in [0.2, 0.25) is 0 Å². The van der Waals surface area contributed by atoms with Crippen LogP contribution in [0.15, 0.2) is 28.3 Å². The van der Waals surface area contributed by atoms with Gasteiger partial charge in [-0.3, -0.25) is 0 Å². The lowest BCUT2D eigenvalue weighted by Gasteiger charge is -1.98. The van der Waals surface area contributed by atoms with Crippen molar-refractivity contribution in [2.45, 2.75) is 6.54 Å². The lowest BCUT2D eigenvalue weighted by atomic mass is 10.2. The maximum absolute atomic E-state index is 4.66. The van der Waals surface area contributed by atoms with E-state index in [1.54, 1.807) is 11.3 Å². The molecule has 2 aromatic heterocycles. The first-order valence-corrected chi connectivity index (χ1v) is 7.51. The summed E-state index contributed by atoms with van der Waals surface area (Å²) in [7, 11) is 3.92. The highest BCUT2D eigenvalue weighted by Gasteiger charge is 2.11. The highest BCUT2D eigenvalue weighted by Crippen LogP contribution is 2.33. The number of imidazole rings is 1. The molecule has 3 aromatic rings. The summed E-state index contributed by atoms with van der Waals surface area (Å²) in [5.41, 5.74) is 4.29. The first-order chi connectivity index (χ1) is 9.19. The molecular weight excluding hydrogens is 324 g/mol. The maximum Gasteiger partial charge on any atom is 0.124 e. The van der Waals surface area contributed by atoms with Crippen LogP contribution in [-0.4, -0.2) is 21.6 Å². The number of hydrogen-bond acceptors (Lipinski definition) is 4. The molecule has 0 aliphatic rings. The first-order valence-electron chi connectivity index (χ1n) is 5.90. The van der Waals surface area contributed by atoms with Crippen molar-refractivity contribution in [3.8, 4) is 10.6 Å². The second kappa shape index (κ2) is 5.03. The minimum Gasteiger partial charge on any atom is -0.334 e. The van der Waals surface area contributed by atoms with E-state index >= 15 is 0 Å². The Morgan fingerprint density at radius 1 is 1.42 bits per heavy atom. The van der Waals surface area contributed by atoms with Gasteiger partial charge in [0.15, 0.2) is 0 Å². The highest BCUT2D eigenvalue weighted by molar-refractivity contribution is 9.11. The van der Waals surface area contributed by atoms with E-state index in [2.05, 4.69) is 49.4 Å². The molecule has 0 amide bonds. The van der Waals surface area contributed by atoms with E-state index in [-0.39, 0.29) is 0 Å². The fourth-order valence-electron chi connectivity index (χ4n) is 2.00. The average Bonchev–Trinajstić information content (AvgIpc) is 2.95. The Morgan fingerprint density at radius 3 is 3.05 bits per heavy atom. The quantitative estimate of drug-likeness (QED) is 0.798. The number of aromatic nitrogens is 3. The number of thiazole rings is 1. The monoisotopic (exact) mass is 336 g/mol. The molecule has 0 aliphatic carbocycles. The number of benzene rings is 1. The predicted octanol–water partition coefficient (Wildman–Crippen LogP) is 3.18. The molecule has 19 heavy (non-hydrogen) atoms. The van der Waals surface area contributed by atoms with Gasteiger partial charge in [-0.15, -0.1) is 11.3 Å². The van der Waals surface area contributed by atoms with Gasteiger partial charge in [0.05, 0.1) is 26.8 Å². The van der Waals surface area contributed by atoms with Crippen LogP contribution in [0.3, 0.4) is 0 Å². The Morgan fingerprint density at radius 2 is 2.26 bits per heavy atom. The van der Waals surface area contributed by atoms with Gasteiger partial charge >= 0.3 is 0 Å². The van der Waals surface area contributed by atoms with Crippen molar-refractivity contribution >= 4 is 38.3 Å². The molecule has 6 heteroatoms. The molecule has 0 aliphatic heterocycles. The summed E-state index contributed by atoms with van der Waals surface area (Å²) in [5.74, 6) is 0. The Kier molecular flexibility index (Phi) is 3.38. The summed E-state index contributed by atoms with van der Waals surface area (Å²) < 4.78 is 3.10. The van der Waals surface area contributed by atoms with Crippen molar-refractivity contribution in [2.24, 2.45) is 7.05 Å². The number of rotatable bonds is 3. The summed E-state index contributed by atoms with van der Waals surface area (Å²) in [5, 5.41) is 4.14. The molecule has 4 nitrogen and oxygen atoms in total. The lowest BCUT2D eigenvalue weighted by molar-refractivity contribution is 0.795. The Hall–Kier alpha value is -1.24. The number of halogens is 1. The summed E-state index contributed by atoms with van der Waals surface area (Å²) in [6, 6.07) is 6.27. The molecule has 2 heterocycles. The van der Waals surface area contributed by atoms with E-state index in [0.29, 0.717) is 0 Å². The fourth-order valence-corrected chi connectivity index (χ4v) is 3.50. The third kappa shape index (κ3) is 2.31. The molecule has 1 aromatic carbocycles.